The summed E-state index contributed by atoms with van der Waals surface area (Å²) in [6.45, 7) is 7.51. The number of nitrogens with one attached hydrogen (secondary N) is 1. The van der Waals surface area contributed by atoms with Gasteiger partial charge >= 0.3 is 0 Å². The molecule has 0 aliphatic heterocycles. The molecule has 1 aromatic carbocycles. The average Bonchev–Trinajstić information content (AvgIpc) is 2.75. The highest BCUT2D eigenvalue weighted by molar-refractivity contribution is 5.29. The molecule has 0 aliphatic carbocycles. The van der Waals surface area contributed by atoms with Gasteiger partial charge in [0.1, 0.15) is 0 Å². The fourth-order valence-corrected chi connectivity index (χ4v) is 2.63. The van der Waals surface area contributed by atoms with Gasteiger partial charge in [0.2, 0.25) is 0 Å². The Labute approximate surface area is 122 Å². The molecule has 0 saturated heterocycles. The van der Waals surface area contributed by atoms with Gasteiger partial charge in [0.15, 0.2) is 0 Å². The van der Waals surface area contributed by atoms with E-state index in [1.807, 2.05) is 11.7 Å². The second kappa shape index (κ2) is 6.71. The Morgan fingerprint density at radius 1 is 1.25 bits per heavy atom. The van der Waals surface area contributed by atoms with Gasteiger partial charge in [-0.15, -0.1) is 0 Å². The molecule has 2 rings (SSSR count). The van der Waals surface area contributed by atoms with Gasteiger partial charge in [-0.3, -0.25) is 4.68 Å². The maximum absolute atomic E-state index is 4.48. The molecule has 0 bridgehead atoms. The smallest absolute Gasteiger partial charge is 0.0641 e. The summed E-state index contributed by atoms with van der Waals surface area (Å²) in [7, 11) is 1.99. The first-order chi connectivity index (χ1) is 9.61. The Balaban J connectivity index is 2.24. The molecule has 0 radical (unpaired) electrons. The van der Waals surface area contributed by atoms with Crippen molar-refractivity contribution in [3.05, 3.63) is 52.8 Å². The molecule has 0 aliphatic rings. The van der Waals surface area contributed by atoms with Crippen molar-refractivity contribution in [2.24, 2.45) is 7.05 Å². The van der Waals surface area contributed by atoms with Crippen LogP contribution in [0.1, 0.15) is 41.8 Å². The number of aryl methyl sites for hydroxylation is 3. The van der Waals surface area contributed by atoms with Gasteiger partial charge in [0.05, 0.1) is 5.69 Å². The SMILES string of the molecule is CCCNC(Cc1ccccc1C)c1cn(C)nc1C. The zero-order valence-corrected chi connectivity index (χ0v) is 13.0. The molecule has 1 unspecified atom stereocenters. The third kappa shape index (κ3) is 3.48. The largest absolute Gasteiger partial charge is 0.310 e. The van der Waals surface area contributed by atoms with Crippen LogP contribution in [0.15, 0.2) is 30.5 Å². The average molecular weight is 271 g/mol. The highest BCUT2D eigenvalue weighted by Gasteiger charge is 2.17. The van der Waals surface area contributed by atoms with Crippen LogP contribution in [0.5, 0.6) is 0 Å². The lowest BCUT2D eigenvalue weighted by Crippen LogP contribution is -2.24. The molecule has 1 N–H and O–H groups in total. The lowest BCUT2D eigenvalue weighted by molar-refractivity contribution is 0.526. The molecule has 3 heteroatoms. The molecule has 1 atom stereocenters. The maximum Gasteiger partial charge on any atom is 0.0641 e. The summed E-state index contributed by atoms with van der Waals surface area (Å²) in [5.41, 5.74) is 5.19. The summed E-state index contributed by atoms with van der Waals surface area (Å²) in [5.74, 6) is 0. The van der Waals surface area contributed by atoms with E-state index in [9.17, 15) is 0 Å². The number of rotatable bonds is 6. The quantitative estimate of drug-likeness (QED) is 0.873. The molecule has 3 nitrogen and oxygen atoms in total. The Bertz CT molecular complexity index is 557. The molecular weight excluding hydrogens is 246 g/mol. The van der Waals surface area contributed by atoms with Crippen molar-refractivity contribution in [2.45, 2.75) is 39.7 Å². The normalized spacial score (nSPS) is 12.6. The van der Waals surface area contributed by atoms with Crippen LogP contribution in [0.25, 0.3) is 0 Å². The van der Waals surface area contributed by atoms with E-state index in [0.717, 1.165) is 25.1 Å². The van der Waals surface area contributed by atoms with Gasteiger partial charge in [-0.25, -0.2) is 0 Å². The van der Waals surface area contributed by atoms with E-state index in [1.54, 1.807) is 0 Å². The summed E-state index contributed by atoms with van der Waals surface area (Å²) >= 11 is 0. The van der Waals surface area contributed by atoms with Crippen molar-refractivity contribution in [1.82, 2.24) is 15.1 Å². The monoisotopic (exact) mass is 271 g/mol. The molecule has 0 amide bonds. The number of hydrogen-bond acceptors (Lipinski definition) is 2. The van der Waals surface area contributed by atoms with Crippen LogP contribution in [-0.2, 0) is 13.5 Å². The topological polar surface area (TPSA) is 29.9 Å². The first kappa shape index (κ1) is 14.8. The van der Waals surface area contributed by atoms with Gasteiger partial charge in [0, 0.05) is 24.8 Å². The number of aromatic nitrogens is 2. The third-order valence-electron chi connectivity index (χ3n) is 3.75. The van der Waals surface area contributed by atoms with Gasteiger partial charge in [-0.05, 0) is 44.4 Å². The number of nitrogens with zero attached hydrogens (tertiary/aromatic N) is 2. The Morgan fingerprint density at radius 3 is 2.60 bits per heavy atom. The minimum Gasteiger partial charge on any atom is -0.310 e. The van der Waals surface area contributed by atoms with E-state index in [0.29, 0.717) is 6.04 Å². The zero-order chi connectivity index (χ0) is 14.5. The van der Waals surface area contributed by atoms with Gasteiger partial charge in [-0.1, -0.05) is 31.2 Å². The predicted octanol–water partition coefficient (Wildman–Crippen LogP) is 3.32. The highest BCUT2D eigenvalue weighted by atomic mass is 15.3. The minimum atomic E-state index is 0.338. The minimum absolute atomic E-state index is 0.338. The molecule has 20 heavy (non-hydrogen) atoms. The second-order valence-corrected chi connectivity index (χ2v) is 5.48. The van der Waals surface area contributed by atoms with Crippen molar-refractivity contribution >= 4 is 0 Å². The van der Waals surface area contributed by atoms with Crippen LogP contribution in [0.2, 0.25) is 0 Å². The van der Waals surface area contributed by atoms with Crippen LogP contribution in [0, 0.1) is 13.8 Å². The van der Waals surface area contributed by atoms with Crippen molar-refractivity contribution < 1.29 is 0 Å². The lowest BCUT2D eigenvalue weighted by atomic mass is 9.96. The summed E-state index contributed by atoms with van der Waals surface area (Å²) < 4.78 is 1.91. The Kier molecular flexibility index (Phi) is 4.96. The highest BCUT2D eigenvalue weighted by Crippen LogP contribution is 2.22. The van der Waals surface area contributed by atoms with Gasteiger partial charge in [0.25, 0.3) is 0 Å². The zero-order valence-electron chi connectivity index (χ0n) is 13.0. The van der Waals surface area contributed by atoms with Crippen LogP contribution in [0.4, 0.5) is 0 Å². The van der Waals surface area contributed by atoms with Crippen molar-refractivity contribution in [1.29, 1.82) is 0 Å². The van der Waals surface area contributed by atoms with E-state index >= 15 is 0 Å². The van der Waals surface area contributed by atoms with E-state index in [4.69, 9.17) is 0 Å². The van der Waals surface area contributed by atoms with Crippen LogP contribution in [0.3, 0.4) is 0 Å². The van der Waals surface area contributed by atoms with Crippen LogP contribution >= 0.6 is 0 Å². The van der Waals surface area contributed by atoms with Crippen molar-refractivity contribution in [3.8, 4) is 0 Å². The van der Waals surface area contributed by atoms with Gasteiger partial charge < -0.3 is 5.32 Å². The molecule has 108 valence electrons. The third-order valence-corrected chi connectivity index (χ3v) is 3.75. The molecular formula is C17H25N3. The molecule has 2 aromatic rings. The molecule has 0 fully saturated rings. The number of benzene rings is 1. The summed E-state index contributed by atoms with van der Waals surface area (Å²) in [6, 6.07) is 8.96. The van der Waals surface area contributed by atoms with E-state index in [-0.39, 0.29) is 0 Å². The standard InChI is InChI=1S/C17H25N3/c1-5-10-18-17(16-12-20(4)19-14(16)3)11-15-9-7-6-8-13(15)2/h6-9,12,17-18H,5,10-11H2,1-4H3. The maximum atomic E-state index is 4.48. The van der Waals surface area contributed by atoms with Crippen molar-refractivity contribution in [3.63, 3.8) is 0 Å². The fraction of sp³-hybridized carbons (Fsp3) is 0.471. The van der Waals surface area contributed by atoms with Crippen molar-refractivity contribution in [2.75, 3.05) is 6.54 Å². The molecule has 0 saturated carbocycles. The first-order valence-corrected chi connectivity index (χ1v) is 7.39. The summed E-state index contributed by atoms with van der Waals surface area (Å²) in [4.78, 5) is 0. The fourth-order valence-electron chi connectivity index (χ4n) is 2.63. The molecule has 1 heterocycles. The molecule has 1 aromatic heterocycles. The first-order valence-electron chi connectivity index (χ1n) is 7.39. The summed E-state index contributed by atoms with van der Waals surface area (Å²) in [6.07, 6.45) is 4.30. The lowest BCUT2D eigenvalue weighted by Gasteiger charge is -2.19. The van der Waals surface area contributed by atoms with Crippen LogP contribution in [-0.4, -0.2) is 16.3 Å². The summed E-state index contributed by atoms with van der Waals surface area (Å²) in [5, 5.41) is 8.14. The Morgan fingerprint density at radius 2 is 2.00 bits per heavy atom. The number of hydrogen-bond donors (Lipinski definition) is 1. The van der Waals surface area contributed by atoms with Gasteiger partial charge in [-0.2, -0.15) is 5.10 Å². The molecule has 0 spiro atoms. The Hall–Kier alpha value is -1.61. The second-order valence-electron chi connectivity index (χ2n) is 5.48. The van der Waals surface area contributed by atoms with E-state index in [2.05, 4.69) is 61.6 Å². The van der Waals surface area contributed by atoms with Crippen LogP contribution < -0.4 is 5.32 Å². The van der Waals surface area contributed by atoms with E-state index in [1.165, 1.54) is 16.7 Å². The van der Waals surface area contributed by atoms with E-state index < -0.39 is 0 Å². The predicted molar refractivity (Wildman–Crippen MR) is 83.9 cm³/mol.